The van der Waals surface area contributed by atoms with Gasteiger partial charge in [0.1, 0.15) is 0 Å². The Morgan fingerprint density at radius 2 is 2.43 bits per heavy atom. The first kappa shape index (κ1) is 10.5. The van der Waals surface area contributed by atoms with E-state index in [0.717, 1.165) is 13.0 Å². The lowest BCUT2D eigenvalue weighted by Gasteiger charge is -2.01. The Hall–Kier alpha value is -1.58. The highest BCUT2D eigenvalue weighted by atomic mass is 16.1. The molecule has 1 rings (SSSR count). The standard InChI is InChI=1S/C10H15N3O/c1-8(2)4-3-5-11-9-10(14)13-7-6-12-9/h4,6-7H,3,5H2,1-2H3,(H,11,12)(H,13,14). The number of anilines is 1. The number of aromatic nitrogens is 2. The van der Waals surface area contributed by atoms with Gasteiger partial charge in [0.05, 0.1) is 0 Å². The summed E-state index contributed by atoms with van der Waals surface area (Å²) in [5.74, 6) is 0.384. The maximum atomic E-state index is 11.2. The van der Waals surface area contributed by atoms with Crippen molar-refractivity contribution in [2.75, 3.05) is 11.9 Å². The summed E-state index contributed by atoms with van der Waals surface area (Å²) in [7, 11) is 0. The number of rotatable bonds is 4. The molecule has 0 radical (unpaired) electrons. The van der Waals surface area contributed by atoms with E-state index in [1.54, 1.807) is 6.20 Å². The molecule has 0 saturated carbocycles. The summed E-state index contributed by atoms with van der Waals surface area (Å²) >= 11 is 0. The molecule has 0 amide bonds. The van der Waals surface area contributed by atoms with Crippen molar-refractivity contribution in [1.29, 1.82) is 0 Å². The molecule has 0 aliphatic rings. The maximum absolute atomic E-state index is 11.2. The molecule has 1 aromatic heterocycles. The summed E-state index contributed by atoms with van der Waals surface area (Å²) in [6.07, 6.45) is 6.09. The van der Waals surface area contributed by atoms with E-state index in [4.69, 9.17) is 0 Å². The van der Waals surface area contributed by atoms with Gasteiger partial charge in [0.15, 0.2) is 5.82 Å². The van der Waals surface area contributed by atoms with Crippen molar-refractivity contribution in [3.8, 4) is 0 Å². The fourth-order valence-corrected chi connectivity index (χ4v) is 1.03. The molecule has 0 atom stereocenters. The molecule has 0 bridgehead atoms. The highest BCUT2D eigenvalue weighted by Crippen LogP contribution is 1.94. The molecule has 1 heterocycles. The SMILES string of the molecule is CC(C)=CCCNc1ncc[nH]c1=O. The topological polar surface area (TPSA) is 57.8 Å². The van der Waals surface area contributed by atoms with Crippen molar-refractivity contribution in [3.63, 3.8) is 0 Å². The van der Waals surface area contributed by atoms with Gasteiger partial charge in [-0.05, 0) is 20.3 Å². The third-order valence-electron chi connectivity index (χ3n) is 1.70. The average molecular weight is 193 g/mol. The minimum atomic E-state index is -0.176. The first-order valence-electron chi connectivity index (χ1n) is 4.61. The Labute approximate surface area is 83.1 Å². The molecule has 2 N–H and O–H groups in total. The van der Waals surface area contributed by atoms with Crippen LogP contribution in [0.15, 0.2) is 28.8 Å². The summed E-state index contributed by atoms with van der Waals surface area (Å²) < 4.78 is 0. The van der Waals surface area contributed by atoms with E-state index in [9.17, 15) is 4.79 Å². The van der Waals surface area contributed by atoms with Crippen LogP contribution < -0.4 is 10.9 Å². The second-order valence-electron chi connectivity index (χ2n) is 3.26. The van der Waals surface area contributed by atoms with Gasteiger partial charge in [-0.3, -0.25) is 4.79 Å². The predicted molar refractivity (Wildman–Crippen MR) is 57.4 cm³/mol. The molecular weight excluding hydrogens is 178 g/mol. The summed E-state index contributed by atoms with van der Waals surface area (Å²) in [6.45, 7) is 4.83. The molecule has 0 aliphatic heterocycles. The van der Waals surface area contributed by atoms with Crippen LogP contribution in [0.1, 0.15) is 20.3 Å². The van der Waals surface area contributed by atoms with Crippen LogP contribution in [-0.4, -0.2) is 16.5 Å². The van der Waals surface area contributed by atoms with Gasteiger partial charge in [0.25, 0.3) is 5.56 Å². The fourth-order valence-electron chi connectivity index (χ4n) is 1.03. The molecule has 0 fully saturated rings. The van der Waals surface area contributed by atoms with E-state index < -0.39 is 0 Å². The Balaban J connectivity index is 2.43. The first-order chi connectivity index (χ1) is 6.70. The van der Waals surface area contributed by atoms with Crippen LogP contribution in [0, 0.1) is 0 Å². The largest absolute Gasteiger partial charge is 0.365 e. The Morgan fingerprint density at radius 1 is 1.64 bits per heavy atom. The molecular formula is C10H15N3O. The van der Waals surface area contributed by atoms with Gasteiger partial charge in [0, 0.05) is 18.9 Å². The molecule has 14 heavy (non-hydrogen) atoms. The maximum Gasteiger partial charge on any atom is 0.290 e. The van der Waals surface area contributed by atoms with Crippen molar-refractivity contribution < 1.29 is 0 Å². The second-order valence-corrected chi connectivity index (χ2v) is 3.26. The van der Waals surface area contributed by atoms with Crippen LogP contribution in [-0.2, 0) is 0 Å². The number of aromatic amines is 1. The van der Waals surface area contributed by atoms with E-state index in [2.05, 4.69) is 21.4 Å². The van der Waals surface area contributed by atoms with E-state index in [-0.39, 0.29) is 5.56 Å². The highest BCUT2D eigenvalue weighted by Gasteiger charge is 1.95. The van der Waals surface area contributed by atoms with Crippen LogP contribution in [0.25, 0.3) is 0 Å². The minimum Gasteiger partial charge on any atom is -0.365 e. The normalized spacial score (nSPS) is 9.57. The molecule has 4 heteroatoms. The molecule has 0 spiro atoms. The summed E-state index contributed by atoms with van der Waals surface area (Å²) in [4.78, 5) is 17.6. The Bertz CT molecular complexity index is 364. The van der Waals surface area contributed by atoms with Gasteiger partial charge in [0.2, 0.25) is 0 Å². The number of nitrogens with zero attached hydrogens (tertiary/aromatic N) is 1. The van der Waals surface area contributed by atoms with Gasteiger partial charge in [-0.1, -0.05) is 11.6 Å². The fraction of sp³-hybridized carbons (Fsp3) is 0.400. The van der Waals surface area contributed by atoms with Crippen molar-refractivity contribution in [2.24, 2.45) is 0 Å². The summed E-state index contributed by atoms with van der Waals surface area (Å²) in [6, 6.07) is 0. The van der Waals surface area contributed by atoms with Crippen molar-refractivity contribution in [1.82, 2.24) is 9.97 Å². The number of H-pyrrole nitrogens is 1. The number of hydrogen-bond donors (Lipinski definition) is 2. The number of allylic oxidation sites excluding steroid dienone is 1. The van der Waals surface area contributed by atoms with Gasteiger partial charge < -0.3 is 10.3 Å². The quantitative estimate of drug-likeness (QED) is 0.563. The lowest BCUT2D eigenvalue weighted by Crippen LogP contribution is -2.15. The third kappa shape index (κ3) is 3.43. The monoisotopic (exact) mass is 193 g/mol. The summed E-state index contributed by atoms with van der Waals surface area (Å²) in [5, 5.41) is 2.97. The van der Waals surface area contributed by atoms with Crippen LogP contribution in [0.3, 0.4) is 0 Å². The second kappa shape index (κ2) is 5.21. The molecule has 0 aromatic carbocycles. The van der Waals surface area contributed by atoms with Gasteiger partial charge >= 0.3 is 0 Å². The van der Waals surface area contributed by atoms with Crippen LogP contribution in [0.5, 0.6) is 0 Å². The first-order valence-corrected chi connectivity index (χ1v) is 4.61. The van der Waals surface area contributed by atoms with Crippen molar-refractivity contribution >= 4 is 5.82 Å². The zero-order chi connectivity index (χ0) is 10.4. The highest BCUT2D eigenvalue weighted by molar-refractivity contribution is 5.29. The van der Waals surface area contributed by atoms with E-state index in [0.29, 0.717) is 5.82 Å². The van der Waals surface area contributed by atoms with Crippen LogP contribution >= 0.6 is 0 Å². The van der Waals surface area contributed by atoms with Crippen molar-refractivity contribution in [3.05, 3.63) is 34.4 Å². The number of nitrogens with one attached hydrogen (secondary N) is 2. The number of hydrogen-bond acceptors (Lipinski definition) is 3. The lowest BCUT2D eigenvalue weighted by molar-refractivity contribution is 1.01. The average Bonchev–Trinajstić information content (AvgIpc) is 2.15. The Kier molecular flexibility index (Phi) is 3.91. The molecule has 0 saturated heterocycles. The van der Waals surface area contributed by atoms with E-state index in [1.807, 2.05) is 13.8 Å². The van der Waals surface area contributed by atoms with Crippen LogP contribution in [0.4, 0.5) is 5.82 Å². The molecule has 0 unspecified atom stereocenters. The van der Waals surface area contributed by atoms with Crippen LogP contribution in [0.2, 0.25) is 0 Å². The molecule has 76 valence electrons. The Morgan fingerprint density at radius 3 is 3.07 bits per heavy atom. The summed E-state index contributed by atoms with van der Waals surface area (Å²) in [5.41, 5.74) is 1.10. The smallest absolute Gasteiger partial charge is 0.290 e. The third-order valence-corrected chi connectivity index (χ3v) is 1.70. The zero-order valence-corrected chi connectivity index (χ0v) is 8.50. The van der Waals surface area contributed by atoms with Gasteiger partial charge in [-0.15, -0.1) is 0 Å². The van der Waals surface area contributed by atoms with Crippen molar-refractivity contribution in [2.45, 2.75) is 20.3 Å². The molecule has 1 aromatic rings. The van der Waals surface area contributed by atoms with E-state index in [1.165, 1.54) is 11.8 Å². The van der Waals surface area contributed by atoms with E-state index >= 15 is 0 Å². The lowest BCUT2D eigenvalue weighted by atomic mass is 10.3. The zero-order valence-electron chi connectivity index (χ0n) is 8.50. The molecule has 0 aliphatic carbocycles. The van der Waals surface area contributed by atoms with Gasteiger partial charge in [-0.25, -0.2) is 4.98 Å². The molecule has 4 nitrogen and oxygen atoms in total. The minimum absolute atomic E-state index is 0.176. The van der Waals surface area contributed by atoms with Gasteiger partial charge in [-0.2, -0.15) is 0 Å². The predicted octanol–water partition coefficient (Wildman–Crippen LogP) is 1.54.